The van der Waals surface area contributed by atoms with Gasteiger partial charge < -0.3 is 9.30 Å². The van der Waals surface area contributed by atoms with E-state index in [-0.39, 0.29) is 0 Å². The number of hydrogen-bond acceptors (Lipinski definition) is 3. The normalized spacial score (nSPS) is 16.6. The molecule has 1 fully saturated rings. The first-order valence-corrected chi connectivity index (χ1v) is 6.79. The van der Waals surface area contributed by atoms with Crippen LogP contribution in [-0.4, -0.2) is 47.3 Å². The predicted octanol–water partition coefficient (Wildman–Crippen LogP) is 1.88. The topological polar surface area (TPSA) is 30.3 Å². The minimum atomic E-state index is 0.860. The number of benzene rings is 1. The molecule has 100 valence electrons. The highest BCUT2D eigenvalue weighted by atomic mass is 16.5. The van der Waals surface area contributed by atoms with Crippen LogP contribution in [0.2, 0.25) is 0 Å². The molecule has 2 heterocycles. The third-order valence-corrected chi connectivity index (χ3v) is 3.48. The largest absolute Gasteiger partial charge is 0.379 e. The lowest BCUT2D eigenvalue weighted by atomic mass is 10.2. The quantitative estimate of drug-likeness (QED) is 0.838. The minimum Gasteiger partial charge on any atom is -0.379 e. The molecule has 4 nitrogen and oxygen atoms in total. The second-order valence-corrected chi connectivity index (χ2v) is 4.82. The summed E-state index contributed by atoms with van der Waals surface area (Å²) in [6.45, 7) is 5.85. The van der Waals surface area contributed by atoms with Gasteiger partial charge in [-0.2, -0.15) is 0 Å². The highest BCUT2D eigenvalue weighted by molar-refractivity contribution is 5.57. The lowest BCUT2D eigenvalue weighted by Crippen LogP contribution is -2.38. The zero-order valence-electron chi connectivity index (χ0n) is 11.0. The maximum Gasteiger partial charge on any atom is 0.0954 e. The first kappa shape index (κ1) is 12.4. The van der Waals surface area contributed by atoms with Gasteiger partial charge in [0.05, 0.1) is 25.2 Å². The van der Waals surface area contributed by atoms with Crippen LogP contribution in [0.4, 0.5) is 0 Å². The second-order valence-electron chi connectivity index (χ2n) is 4.82. The van der Waals surface area contributed by atoms with Crippen LogP contribution in [0.5, 0.6) is 0 Å². The maximum absolute atomic E-state index is 5.35. The van der Waals surface area contributed by atoms with Crippen LogP contribution in [0.1, 0.15) is 0 Å². The SMILES string of the molecule is c1ccc(-c2cn(CCN3CCOCC3)cn2)cc1. The number of imidazole rings is 1. The molecule has 2 aromatic rings. The van der Waals surface area contributed by atoms with E-state index in [1.807, 2.05) is 24.5 Å². The summed E-state index contributed by atoms with van der Waals surface area (Å²) in [5, 5.41) is 0. The number of rotatable bonds is 4. The summed E-state index contributed by atoms with van der Waals surface area (Å²) in [6, 6.07) is 10.3. The van der Waals surface area contributed by atoms with E-state index >= 15 is 0 Å². The van der Waals surface area contributed by atoms with Gasteiger partial charge in [0.2, 0.25) is 0 Å². The molecule has 1 aromatic carbocycles. The lowest BCUT2D eigenvalue weighted by molar-refractivity contribution is 0.0364. The van der Waals surface area contributed by atoms with Gasteiger partial charge in [0.25, 0.3) is 0 Å². The second kappa shape index (κ2) is 5.99. The van der Waals surface area contributed by atoms with Gasteiger partial charge in [-0.25, -0.2) is 4.98 Å². The van der Waals surface area contributed by atoms with Crippen molar-refractivity contribution in [3.05, 3.63) is 42.9 Å². The molecule has 0 unspecified atom stereocenters. The Labute approximate surface area is 113 Å². The van der Waals surface area contributed by atoms with Crippen molar-refractivity contribution in [2.75, 3.05) is 32.8 Å². The molecular formula is C15H19N3O. The van der Waals surface area contributed by atoms with Crippen LogP contribution in [-0.2, 0) is 11.3 Å². The van der Waals surface area contributed by atoms with E-state index in [0.717, 1.165) is 45.1 Å². The fourth-order valence-electron chi connectivity index (χ4n) is 2.32. The van der Waals surface area contributed by atoms with E-state index in [2.05, 4.69) is 32.8 Å². The van der Waals surface area contributed by atoms with Crippen molar-refractivity contribution in [2.24, 2.45) is 0 Å². The van der Waals surface area contributed by atoms with Crippen LogP contribution in [0.25, 0.3) is 11.3 Å². The van der Waals surface area contributed by atoms with Crippen LogP contribution >= 0.6 is 0 Å². The molecule has 19 heavy (non-hydrogen) atoms. The molecule has 0 amide bonds. The predicted molar refractivity (Wildman–Crippen MR) is 74.9 cm³/mol. The Bertz CT molecular complexity index is 503. The first-order valence-electron chi connectivity index (χ1n) is 6.79. The Morgan fingerprint density at radius 3 is 2.63 bits per heavy atom. The van der Waals surface area contributed by atoms with E-state index in [4.69, 9.17) is 4.74 Å². The van der Waals surface area contributed by atoms with Crippen molar-refractivity contribution >= 4 is 0 Å². The van der Waals surface area contributed by atoms with Gasteiger partial charge in [0.15, 0.2) is 0 Å². The molecule has 0 spiro atoms. The smallest absolute Gasteiger partial charge is 0.0954 e. The van der Waals surface area contributed by atoms with Gasteiger partial charge in [0, 0.05) is 37.9 Å². The Hall–Kier alpha value is -1.65. The van der Waals surface area contributed by atoms with E-state index in [9.17, 15) is 0 Å². The standard InChI is InChI=1S/C15H19N3O/c1-2-4-14(5-3-1)15-12-18(13-16-15)7-6-17-8-10-19-11-9-17/h1-5,12-13H,6-11H2. The van der Waals surface area contributed by atoms with Gasteiger partial charge >= 0.3 is 0 Å². The summed E-state index contributed by atoms with van der Waals surface area (Å²) in [5.41, 5.74) is 2.22. The zero-order valence-corrected chi connectivity index (χ0v) is 11.0. The first-order chi connectivity index (χ1) is 9.42. The van der Waals surface area contributed by atoms with Gasteiger partial charge in [0.1, 0.15) is 0 Å². The van der Waals surface area contributed by atoms with Gasteiger partial charge in [-0.3, -0.25) is 4.90 Å². The van der Waals surface area contributed by atoms with E-state index in [0.29, 0.717) is 0 Å². The summed E-state index contributed by atoms with van der Waals surface area (Å²) in [7, 11) is 0. The molecule has 0 saturated carbocycles. The maximum atomic E-state index is 5.35. The molecule has 4 heteroatoms. The molecular weight excluding hydrogens is 238 g/mol. The Balaban J connectivity index is 1.59. The number of morpholine rings is 1. The number of ether oxygens (including phenoxy) is 1. The van der Waals surface area contributed by atoms with E-state index in [1.54, 1.807) is 0 Å². The number of hydrogen-bond donors (Lipinski definition) is 0. The molecule has 0 N–H and O–H groups in total. The molecule has 0 bridgehead atoms. The highest BCUT2D eigenvalue weighted by Crippen LogP contribution is 2.15. The molecule has 0 aliphatic carbocycles. The monoisotopic (exact) mass is 257 g/mol. The van der Waals surface area contributed by atoms with Gasteiger partial charge in [-0.1, -0.05) is 30.3 Å². The fraction of sp³-hybridized carbons (Fsp3) is 0.400. The fourth-order valence-corrected chi connectivity index (χ4v) is 2.32. The van der Waals surface area contributed by atoms with Crippen molar-refractivity contribution in [1.29, 1.82) is 0 Å². The lowest BCUT2D eigenvalue weighted by Gasteiger charge is -2.26. The molecule has 1 aromatic heterocycles. The summed E-state index contributed by atoms with van der Waals surface area (Å²) in [6.07, 6.45) is 4.04. The Morgan fingerprint density at radius 1 is 1.05 bits per heavy atom. The third kappa shape index (κ3) is 3.22. The molecule has 0 radical (unpaired) electrons. The number of aromatic nitrogens is 2. The summed E-state index contributed by atoms with van der Waals surface area (Å²) >= 11 is 0. The molecule has 1 aliphatic rings. The van der Waals surface area contributed by atoms with Gasteiger partial charge in [-0.15, -0.1) is 0 Å². The van der Waals surface area contributed by atoms with Crippen molar-refractivity contribution in [1.82, 2.24) is 14.5 Å². The van der Waals surface area contributed by atoms with Crippen molar-refractivity contribution in [3.63, 3.8) is 0 Å². The van der Waals surface area contributed by atoms with Crippen molar-refractivity contribution < 1.29 is 4.74 Å². The van der Waals surface area contributed by atoms with Gasteiger partial charge in [-0.05, 0) is 0 Å². The molecule has 1 aliphatic heterocycles. The average molecular weight is 257 g/mol. The van der Waals surface area contributed by atoms with E-state index < -0.39 is 0 Å². The highest BCUT2D eigenvalue weighted by Gasteiger charge is 2.10. The average Bonchev–Trinajstić information content (AvgIpc) is 2.96. The van der Waals surface area contributed by atoms with Crippen LogP contribution in [0.3, 0.4) is 0 Å². The Kier molecular flexibility index (Phi) is 3.91. The van der Waals surface area contributed by atoms with Crippen LogP contribution in [0, 0.1) is 0 Å². The summed E-state index contributed by atoms with van der Waals surface area (Å²) in [4.78, 5) is 6.91. The molecule has 1 saturated heterocycles. The van der Waals surface area contributed by atoms with Crippen molar-refractivity contribution in [2.45, 2.75) is 6.54 Å². The van der Waals surface area contributed by atoms with Crippen molar-refractivity contribution in [3.8, 4) is 11.3 Å². The Morgan fingerprint density at radius 2 is 1.84 bits per heavy atom. The minimum absolute atomic E-state index is 0.860. The van der Waals surface area contributed by atoms with Crippen LogP contribution in [0.15, 0.2) is 42.9 Å². The van der Waals surface area contributed by atoms with E-state index in [1.165, 1.54) is 5.56 Å². The van der Waals surface area contributed by atoms with Crippen LogP contribution < -0.4 is 0 Å². The molecule has 0 atom stereocenters. The molecule has 3 rings (SSSR count). The summed E-state index contributed by atoms with van der Waals surface area (Å²) in [5.74, 6) is 0. The number of nitrogens with zero attached hydrogens (tertiary/aromatic N) is 3. The third-order valence-electron chi connectivity index (χ3n) is 3.48. The summed E-state index contributed by atoms with van der Waals surface area (Å²) < 4.78 is 7.52. The zero-order chi connectivity index (χ0) is 12.9.